The predicted octanol–water partition coefficient (Wildman–Crippen LogP) is 1.86. The summed E-state index contributed by atoms with van der Waals surface area (Å²) in [6, 6.07) is 7.30. The van der Waals surface area contributed by atoms with Crippen LogP contribution in [0, 0.1) is 0 Å². The maximum absolute atomic E-state index is 11.6. The van der Waals surface area contributed by atoms with E-state index in [1.54, 1.807) is 16.8 Å². The van der Waals surface area contributed by atoms with Crippen molar-refractivity contribution in [1.82, 2.24) is 14.8 Å². The smallest absolute Gasteiger partial charge is 0.229 e. The van der Waals surface area contributed by atoms with Gasteiger partial charge in [0, 0.05) is 5.02 Å². The van der Waals surface area contributed by atoms with E-state index in [4.69, 9.17) is 11.6 Å². The first-order valence-electron chi connectivity index (χ1n) is 5.19. The topological polar surface area (TPSA) is 59.8 Å². The summed E-state index contributed by atoms with van der Waals surface area (Å²) in [7, 11) is 0. The third kappa shape index (κ3) is 1.78. The second-order valence-corrected chi connectivity index (χ2v) is 4.28. The number of hydrogen-bond donors (Lipinski definition) is 1. The first kappa shape index (κ1) is 10.3. The fourth-order valence-corrected chi connectivity index (χ4v) is 2.08. The number of nitrogens with one attached hydrogen (secondary N) is 1. The number of anilines is 1. The van der Waals surface area contributed by atoms with Crippen LogP contribution >= 0.6 is 11.6 Å². The largest absolute Gasteiger partial charge is 0.295 e. The number of rotatable bonds is 1. The quantitative estimate of drug-likeness (QED) is 0.838. The Kier molecular flexibility index (Phi) is 2.33. The van der Waals surface area contributed by atoms with Gasteiger partial charge in [-0.25, -0.2) is 4.68 Å². The van der Waals surface area contributed by atoms with Gasteiger partial charge in [-0.3, -0.25) is 10.1 Å². The molecule has 17 heavy (non-hydrogen) atoms. The van der Waals surface area contributed by atoms with Crippen LogP contribution < -0.4 is 5.32 Å². The molecule has 2 aromatic rings. The number of amides is 1. The highest BCUT2D eigenvalue weighted by Gasteiger charge is 2.27. The van der Waals surface area contributed by atoms with E-state index >= 15 is 0 Å². The van der Waals surface area contributed by atoms with Crippen LogP contribution in [0.3, 0.4) is 0 Å². The summed E-state index contributed by atoms with van der Waals surface area (Å²) in [5, 5.41) is 7.48. The normalized spacial score (nSPS) is 18.6. The number of fused-ring (bicyclic) bond motifs is 1. The fraction of sp³-hybridized carbons (Fsp3) is 0.182. The van der Waals surface area contributed by atoms with Gasteiger partial charge in [0.2, 0.25) is 11.9 Å². The SMILES string of the molecule is O=C1C[C@H](c2ccc(Cl)cc2)n2ncnc2N1. The van der Waals surface area contributed by atoms with Gasteiger partial charge >= 0.3 is 0 Å². The second-order valence-electron chi connectivity index (χ2n) is 3.85. The third-order valence-electron chi connectivity index (χ3n) is 2.75. The van der Waals surface area contributed by atoms with Crippen LogP contribution in [0.1, 0.15) is 18.0 Å². The van der Waals surface area contributed by atoms with Crippen LogP contribution in [-0.2, 0) is 4.79 Å². The molecule has 1 N–H and O–H groups in total. The number of hydrogen-bond acceptors (Lipinski definition) is 3. The van der Waals surface area contributed by atoms with Crippen LogP contribution in [0.25, 0.3) is 0 Å². The Labute approximate surface area is 102 Å². The average Bonchev–Trinajstić information content (AvgIpc) is 2.77. The van der Waals surface area contributed by atoms with E-state index in [0.717, 1.165) is 5.56 Å². The zero-order valence-corrected chi connectivity index (χ0v) is 9.55. The number of benzene rings is 1. The summed E-state index contributed by atoms with van der Waals surface area (Å²) in [6.45, 7) is 0. The van der Waals surface area contributed by atoms with Crippen LogP contribution in [0.15, 0.2) is 30.6 Å². The molecule has 0 saturated carbocycles. The number of carbonyl (C=O) groups excluding carboxylic acids is 1. The summed E-state index contributed by atoms with van der Waals surface area (Å²) in [5.41, 5.74) is 0.996. The van der Waals surface area contributed by atoms with E-state index in [0.29, 0.717) is 17.4 Å². The van der Waals surface area contributed by atoms with Crippen molar-refractivity contribution in [3.05, 3.63) is 41.2 Å². The zero-order valence-electron chi connectivity index (χ0n) is 8.80. The molecule has 86 valence electrons. The van der Waals surface area contributed by atoms with Crippen molar-refractivity contribution in [2.45, 2.75) is 12.5 Å². The van der Waals surface area contributed by atoms with Gasteiger partial charge < -0.3 is 0 Å². The highest BCUT2D eigenvalue weighted by molar-refractivity contribution is 6.30. The van der Waals surface area contributed by atoms with Gasteiger partial charge in [-0.2, -0.15) is 10.1 Å². The van der Waals surface area contributed by atoms with Gasteiger partial charge in [0.1, 0.15) is 6.33 Å². The van der Waals surface area contributed by atoms with Gasteiger partial charge in [0.25, 0.3) is 0 Å². The second kappa shape index (κ2) is 3.85. The summed E-state index contributed by atoms with van der Waals surface area (Å²) in [5.74, 6) is 0.437. The summed E-state index contributed by atoms with van der Waals surface area (Å²) in [6.07, 6.45) is 1.79. The van der Waals surface area contributed by atoms with E-state index < -0.39 is 0 Å². The molecule has 5 nitrogen and oxygen atoms in total. The molecule has 1 aromatic heterocycles. The van der Waals surface area contributed by atoms with Crippen molar-refractivity contribution < 1.29 is 4.79 Å². The Bertz CT molecular complexity index is 563. The van der Waals surface area contributed by atoms with E-state index in [1.165, 1.54) is 6.33 Å². The number of carbonyl (C=O) groups is 1. The minimum absolute atomic E-state index is 0.0505. The molecule has 0 aliphatic carbocycles. The predicted molar refractivity (Wildman–Crippen MR) is 62.9 cm³/mol. The van der Waals surface area contributed by atoms with Crippen LogP contribution in [0.5, 0.6) is 0 Å². The minimum Gasteiger partial charge on any atom is -0.295 e. The molecule has 1 amide bonds. The Morgan fingerprint density at radius 3 is 2.88 bits per heavy atom. The van der Waals surface area contributed by atoms with Crippen molar-refractivity contribution in [3.63, 3.8) is 0 Å². The Balaban J connectivity index is 2.04. The summed E-state index contributed by atoms with van der Waals surface area (Å²) >= 11 is 5.84. The number of aromatic nitrogens is 3. The minimum atomic E-state index is -0.112. The Morgan fingerprint density at radius 1 is 1.35 bits per heavy atom. The van der Waals surface area contributed by atoms with E-state index in [-0.39, 0.29) is 11.9 Å². The van der Waals surface area contributed by atoms with Crippen molar-refractivity contribution in [3.8, 4) is 0 Å². The number of halogens is 1. The molecule has 3 rings (SSSR count). The lowest BCUT2D eigenvalue weighted by atomic mass is 10.0. The van der Waals surface area contributed by atoms with Crippen molar-refractivity contribution >= 4 is 23.5 Å². The lowest BCUT2D eigenvalue weighted by Gasteiger charge is -2.23. The average molecular weight is 249 g/mol. The standard InChI is InChI=1S/C11H9ClN4O/c12-8-3-1-7(2-4-8)9-5-10(17)15-11-13-6-14-16(9)11/h1-4,6,9H,5H2,(H,13,14,15,17)/t9-/m1/s1. The first-order chi connectivity index (χ1) is 8.24. The molecule has 0 unspecified atom stereocenters. The van der Waals surface area contributed by atoms with Gasteiger partial charge in [-0.15, -0.1) is 0 Å². The molecule has 1 atom stereocenters. The van der Waals surface area contributed by atoms with Crippen molar-refractivity contribution in [2.75, 3.05) is 5.32 Å². The van der Waals surface area contributed by atoms with Gasteiger partial charge in [-0.1, -0.05) is 23.7 Å². The van der Waals surface area contributed by atoms with Crippen molar-refractivity contribution in [2.24, 2.45) is 0 Å². The van der Waals surface area contributed by atoms with E-state index in [1.807, 2.05) is 12.1 Å². The lowest BCUT2D eigenvalue weighted by Crippen LogP contribution is -2.29. The monoisotopic (exact) mass is 248 g/mol. The molecule has 0 fully saturated rings. The van der Waals surface area contributed by atoms with Gasteiger partial charge in [0.15, 0.2) is 0 Å². The van der Waals surface area contributed by atoms with Crippen LogP contribution in [-0.4, -0.2) is 20.7 Å². The van der Waals surface area contributed by atoms with Gasteiger partial charge in [-0.05, 0) is 17.7 Å². The maximum atomic E-state index is 11.6. The molecule has 0 bridgehead atoms. The van der Waals surface area contributed by atoms with Crippen molar-refractivity contribution in [1.29, 1.82) is 0 Å². The summed E-state index contributed by atoms with van der Waals surface area (Å²) in [4.78, 5) is 15.6. The van der Waals surface area contributed by atoms with E-state index in [9.17, 15) is 4.79 Å². The van der Waals surface area contributed by atoms with E-state index in [2.05, 4.69) is 15.4 Å². The lowest BCUT2D eigenvalue weighted by molar-refractivity contribution is -0.117. The zero-order chi connectivity index (χ0) is 11.8. The fourth-order valence-electron chi connectivity index (χ4n) is 1.95. The molecule has 1 aromatic carbocycles. The maximum Gasteiger partial charge on any atom is 0.229 e. The number of nitrogens with zero attached hydrogens (tertiary/aromatic N) is 3. The van der Waals surface area contributed by atoms with Crippen LogP contribution in [0.2, 0.25) is 5.02 Å². The molecule has 0 radical (unpaired) electrons. The highest BCUT2D eigenvalue weighted by Crippen LogP contribution is 2.28. The van der Waals surface area contributed by atoms with Crippen LogP contribution in [0.4, 0.5) is 5.95 Å². The van der Waals surface area contributed by atoms with Gasteiger partial charge in [0.05, 0.1) is 12.5 Å². The molecule has 1 aliphatic rings. The molecule has 6 heteroatoms. The molecule has 0 spiro atoms. The highest BCUT2D eigenvalue weighted by atomic mass is 35.5. The Morgan fingerprint density at radius 2 is 2.12 bits per heavy atom. The summed E-state index contributed by atoms with van der Waals surface area (Å²) < 4.78 is 1.71. The molecule has 2 heterocycles. The molecular weight excluding hydrogens is 240 g/mol. The molecule has 0 saturated heterocycles. The Hall–Kier alpha value is -1.88. The molecular formula is C11H9ClN4O. The first-order valence-corrected chi connectivity index (χ1v) is 5.56. The molecule has 1 aliphatic heterocycles. The third-order valence-corrected chi connectivity index (χ3v) is 3.01.